The van der Waals surface area contributed by atoms with E-state index in [2.05, 4.69) is 11.8 Å². The van der Waals surface area contributed by atoms with Gasteiger partial charge in [-0.15, -0.1) is 0 Å². The number of hydrogen-bond acceptors (Lipinski definition) is 3. The van der Waals surface area contributed by atoms with Gasteiger partial charge in [0.15, 0.2) is 6.10 Å². The van der Waals surface area contributed by atoms with Gasteiger partial charge in [-0.1, -0.05) is 11.8 Å². The van der Waals surface area contributed by atoms with Crippen molar-refractivity contribution >= 4 is 0 Å². The molecule has 1 aromatic heterocycles. The zero-order valence-electron chi connectivity index (χ0n) is 7.61. The molecule has 1 unspecified atom stereocenters. The van der Waals surface area contributed by atoms with Crippen LogP contribution in [0.15, 0.2) is 22.8 Å². The maximum absolute atomic E-state index is 9.39. The van der Waals surface area contributed by atoms with Crippen LogP contribution >= 0.6 is 0 Å². The second kappa shape index (κ2) is 3.65. The van der Waals surface area contributed by atoms with Crippen molar-refractivity contribution in [3.63, 3.8) is 0 Å². The van der Waals surface area contributed by atoms with E-state index in [0.29, 0.717) is 5.76 Å². The highest BCUT2D eigenvalue weighted by molar-refractivity contribution is 5.19. The van der Waals surface area contributed by atoms with E-state index in [4.69, 9.17) is 4.42 Å². The minimum atomic E-state index is -1.09. The van der Waals surface area contributed by atoms with Gasteiger partial charge in [-0.25, -0.2) is 0 Å². The Morgan fingerprint density at radius 1 is 1.54 bits per heavy atom. The summed E-state index contributed by atoms with van der Waals surface area (Å²) in [7, 11) is 0. The predicted octanol–water partition coefficient (Wildman–Crippen LogP) is 1.09. The van der Waals surface area contributed by atoms with Gasteiger partial charge >= 0.3 is 0 Å². The molecule has 70 valence electrons. The molecular formula is C10H12O3. The lowest BCUT2D eigenvalue weighted by Crippen LogP contribution is -2.15. The van der Waals surface area contributed by atoms with Gasteiger partial charge in [0.1, 0.15) is 11.4 Å². The topological polar surface area (TPSA) is 53.6 Å². The van der Waals surface area contributed by atoms with Gasteiger partial charge in [-0.2, -0.15) is 0 Å². The summed E-state index contributed by atoms with van der Waals surface area (Å²) in [5.41, 5.74) is -1.09. The Morgan fingerprint density at radius 2 is 2.23 bits per heavy atom. The molecule has 0 aliphatic carbocycles. The van der Waals surface area contributed by atoms with Crippen LogP contribution in [0.3, 0.4) is 0 Å². The molecule has 13 heavy (non-hydrogen) atoms. The fraction of sp³-hybridized carbons (Fsp3) is 0.400. The second-order valence-electron chi connectivity index (χ2n) is 3.25. The smallest absolute Gasteiger partial charge is 0.172 e. The first-order valence-corrected chi connectivity index (χ1v) is 3.95. The van der Waals surface area contributed by atoms with Crippen LogP contribution in [0.25, 0.3) is 0 Å². The monoisotopic (exact) mass is 180 g/mol. The quantitative estimate of drug-likeness (QED) is 0.636. The Balaban J connectivity index is 2.69. The van der Waals surface area contributed by atoms with Crippen molar-refractivity contribution in [3.8, 4) is 11.8 Å². The highest BCUT2D eigenvalue weighted by Crippen LogP contribution is 2.12. The molecule has 0 aliphatic heterocycles. The lowest BCUT2D eigenvalue weighted by atomic mass is 10.1. The molecule has 1 aromatic rings. The molecule has 0 amide bonds. The predicted molar refractivity (Wildman–Crippen MR) is 47.7 cm³/mol. The van der Waals surface area contributed by atoms with Crippen LogP contribution in [0.1, 0.15) is 25.7 Å². The van der Waals surface area contributed by atoms with Crippen LogP contribution in [0, 0.1) is 11.8 Å². The van der Waals surface area contributed by atoms with Crippen LogP contribution in [0.2, 0.25) is 0 Å². The van der Waals surface area contributed by atoms with E-state index in [1.54, 1.807) is 26.0 Å². The number of aliphatic hydroxyl groups is 2. The van der Waals surface area contributed by atoms with Crippen molar-refractivity contribution in [1.29, 1.82) is 0 Å². The maximum Gasteiger partial charge on any atom is 0.172 e. The minimum Gasteiger partial charge on any atom is -0.466 e. The van der Waals surface area contributed by atoms with Gasteiger partial charge in [0.25, 0.3) is 0 Å². The zero-order valence-corrected chi connectivity index (χ0v) is 7.61. The summed E-state index contributed by atoms with van der Waals surface area (Å²) >= 11 is 0. The van der Waals surface area contributed by atoms with Gasteiger partial charge in [0, 0.05) is 0 Å². The molecule has 3 nitrogen and oxygen atoms in total. The zero-order chi connectivity index (χ0) is 9.90. The SMILES string of the molecule is CC(C)(O)C#CC(O)c1ccco1. The summed E-state index contributed by atoms with van der Waals surface area (Å²) < 4.78 is 4.93. The number of hydrogen-bond donors (Lipinski definition) is 2. The van der Waals surface area contributed by atoms with Crippen LogP contribution in [0.5, 0.6) is 0 Å². The molecule has 1 atom stereocenters. The normalized spacial score (nSPS) is 13.2. The van der Waals surface area contributed by atoms with E-state index < -0.39 is 11.7 Å². The van der Waals surface area contributed by atoms with Gasteiger partial charge in [0.05, 0.1) is 6.26 Å². The van der Waals surface area contributed by atoms with E-state index in [9.17, 15) is 10.2 Å². The van der Waals surface area contributed by atoms with Gasteiger partial charge in [-0.3, -0.25) is 0 Å². The third-order valence-corrected chi connectivity index (χ3v) is 1.33. The third kappa shape index (κ3) is 3.32. The largest absolute Gasteiger partial charge is 0.466 e. The van der Waals surface area contributed by atoms with E-state index in [1.807, 2.05) is 0 Å². The highest BCUT2D eigenvalue weighted by atomic mass is 16.4. The molecule has 3 heteroatoms. The molecule has 0 spiro atoms. The van der Waals surface area contributed by atoms with Crippen LogP contribution < -0.4 is 0 Å². The van der Waals surface area contributed by atoms with Gasteiger partial charge in [0.2, 0.25) is 0 Å². The lowest BCUT2D eigenvalue weighted by Gasteiger charge is -2.06. The molecule has 1 rings (SSSR count). The van der Waals surface area contributed by atoms with Gasteiger partial charge in [-0.05, 0) is 26.0 Å². The van der Waals surface area contributed by atoms with Crippen molar-refractivity contribution < 1.29 is 14.6 Å². The summed E-state index contributed by atoms with van der Waals surface area (Å²) in [6.07, 6.45) is 0.492. The molecule has 0 aliphatic rings. The van der Waals surface area contributed by atoms with E-state index >= 15 is 0 Å². The third-order valence-electron chi connectivity index (χ3n) is 1.33. The maximum atomic E-state index is 9.39. The molecule has 0 bridgehead atoms. The Labute approximate surface area is 77.0 Å². The van der Waals surface area contributed by atoms with Crippen molar-refractivity contribution in [2.24, 2.45) is 0 Å². The summed E-state index contributed by atoms with van der Waals surface area (Å²) in [5.74, 6) is 5.38. The summed E-state index contributed by atoms with van der Waals surface area (Å²) in [5, 5.41) is 18.6. The number of furan rings is 1. The van der Waals surface area contributed by atoms with Crippen molar-refractivity contribution in [3.05, 3.63) is 24.2 Å². The molecule has 2 N–H and O–H groups in total. The standard InChI is InChI=1S/C10H12O3/c1-10(2,12)6-5-8(11)9-4-3-7-13-9/h3-4,7-8,11-12H,1-2H3. The van der Waals surface area contributed by atoms with Crippen molar-refractivity contribution in [2.75, 3.05) is 0 Å². The Kier molecular flexibility index (Phi) is 2.76. The summed E-state index contributed by atoms with van der Waals surface area (Å²) in [6.45, 7) is 3.10. The molecule has 0 radical (unpaired) electrons. The molecule has 0 saturated heterocycles. The van der Waals surface area contributed by atoms with Crippen LogP contribution in [-0.4, -0.2) is 15.8 Å². The van der Waals surface area contributed by atoms with E-state index in [-0.39, 0.29) is 0 Å². The van der Waals surface area contributed by atoms with Gasteiger partial charge < -0.3 is 14.6 Å². The first-order valence-electron chi connectivity index (χ1n) is 3.95. The second-order valence-corrected chi connectivity index (χ2v) is 3.25. The Hall–Kier alpha value is -1.24. The van der Waals surface area contributed by atoms with Crippen LogP contribution in [-0.2, 0) is 0 Å². The Bertz CT molecular complexity index is 308. The van der Waals surface area contributed by atoms with E-state index in [1.165, 1.54) is 6.26 Å². The summed E-state index contributed by atoms with van der Waals surface area (Å²) in [4.78, 5) is 0. The first-order chi connectivity index (χ1) is 5.99. The van der Waals surface area contributed by atoms with E-state index in [0.717, 1.165) is 0 Å². The van der Waals surface area contributed by atoms with Crippen LogP contribution in [0.4, 0.5) is 0 Å². The van der Waals surface area contributed by atoms with Crippen molar-refractivity contribution in [2.45, 2.75) is 25.6 Å². The fourth-order valence-electron chi connectivity index (χ4n) is 0.763. The summed E-state index contributed by atoms with van der Waals surface area (Å²) in [6, 6.07) is 3.30. The molecule has 1 heterocycles. The molecular weight excluding hydrogens is 168 g/mol. The molecule has 0 aromatic carbocycles. The Morgan fingerprint density at radius 3 is 2.69 bits per heavy atom. The fourth-order valence-corrected chi connectivity index (χ4v) is 0.763. The number of rotatable bonds is 1. The average molecular weight is 180 g/mol. The number of aliphatic hydroxyl groups excluding tert-OH is 1. The first kappa shape index (κ1) is 9.85. The lowest BCUT2D eigenvalue weighted by molar-refractivity contribution is 0.142. The highest BCUT2D eigenvalue weighted by Gasteiger charge is 2.09. The average Bonchev–Trinajstić information content (AvgIpc) is 2.50. The van der Waals surface area contributed by atoms with Crippen molar-refractivity contribution in [1.82, 2.24) is 0 Å². The minimum absolute atomic E-state index is 0.386. The molecule has 0 fully saturated rings. The molecule has 0 saturated carbocycles.